The molecule has 0 spiro atoms. The topological polar surface area (TPSA) is 40.7 Å². The van der Waals surface area contributed by atoms with Crippen molar-refractivity contribution in [2.45, 2.75) is 36.7 Å². The van der Waals surface area contributed by atoms with Gasteiger partial charge in [-0.1, -0.05) is 18.7 Å². The Labute approximate surface area is 83.7 Å². The van der Waals surface area contributed by atoms with E-state index >= 15 is 0 Å². The fourth-order valence-electron chi connectivity index (χ4n) is 1.17. The molecule has 1 heterocycles. The van der Waals surface area contributed by atoms with Gasteiger partial charge in [-0.15, -0.1) is 0 Å². The summed E-state index contributed by atoms with van der Waals surface area (Å²) in [5.74, 6) is 0. The Morgan fingerprint density at radius 3 is 2.92 bits per heavy atom. The predicted octanol–water partition coefficient (Wildman–Crippen LogP) is 1.89. The van der Waals surface area contributed by atoms with E-state index in [0.29, 0.717) is 11.3 Å². The summed E-state index contributed by atoms with van der Waals surface area (Å²) in [6.45, 7) is 4.42. The highest BCUT2D eigenvalue weighted by Gasteiger charge is 2.09. The van der Waals surface area contributed by atoms with Crippen LogP contribution in [0.4, 0.5) is 0 Å². The lowest BCUT2D eigenvalue weighted by Crippen LogP contribution is -2.24. The predicted molar refractivity (Wildman–Crippen MR) is 57.0 cm³/mol. The van der Waals surface area contributed by atoms with E-state index in [-0.39, 0.29) is 0 Å². The molecule has 1 aromatic rings. The zero-order chi connectivity index (χ0) is 9.68. The maximum absolute atomic E-state index is 4.18. The number of nitrogens with one attached hydrogen (secondary N) is 2. The van der Waals surface area contributed by atoms with Gasteiger partial charge in [0.25, 0.3) is 0 Å². The van der Waals surface area contributed by atoms with Crippen LogP contribution >= 0.6 is 11.8 Å². The number of rotatable bonds is 5. The SMILES string of the molecule is CNC(C)CC(C)Sc1ncc[nH]1. The van der Waals surface area contributed by atoms with Crippen LogP contribution in [0.15, 0.2) is 17.6 Å². The first-order chi connectivity index (χ1) is 6.22. The number of hydrogen-bond acceptors (Lipinski definition) is 3. The second kappa shape index (κ2) is 5.29. The van der Waals surface area contributed by atoms with E-state index in [4.69, 9.17) is 0 Å². The zero-order valence-electron chi connectivity index (χ0n) is 8.37. The molecular formula is C9H17N3S. The summed E-state index contributed by atoms with van der Waals surface area (Å²) in [5, 5.41) is 4.83. The van der Waals surface area contributed by atoms with Gasteiger partial charge in [0.1, 0.15) is 0 Å². The lowest BCUT2D eigenvalue weighted by Gasteiger charge is -2.14. The first-order valence-electron chi connectivity index (χ1n) is 4.55. The average Bonchev–Trinajstić information content (AvgIpc) is 2.56. The molecule has 0 aliphatic heterocycles. The first-order valence-corrected chi connectivity index (χ1v) is 5.43. The summed E-state index contributed by atoms with van der Waals surface area (Å²) in [6.07, 6.45) is 4.80. The van der Waals surface area contributed by atoms with Gasteiger partial charge in [0.2, 0.25) is 0 Å². The third-order valence-electron chi connectivity index (χ3n) is 1.96. The van der Waals surface area contributed by atoms with Crippen molar-refractivity contribution in [3.63, 3.8) is 0 Å². The number of aromatic nitrogens is 2. The smallest absolute Gasteiger partial charge is 0.165 e. The Bertz CT molecular complexity index is 223. The van der Waals surface area contributed by atoms with Gasteiger partial charge in [-0.3, -0.25) is 0 Å². The summed E-state index contributed by atoms with van der Waals surface area (Å²) < 4.78 is 0. The second-order valence-electron chi connectivity index (χ2n) is 3.25. The van der Waals surface area contributed by atoms with E-state index < -0.39 is 0 Å². The molecule has 0 amide bonds. The largest absolute Gasteiger partial charge is 0.340 e. The summed E-state index contributed by atoms with van der Waals surface area (Å²) in [7, 11) is 1.99. The Hall–Kier alpha value is -0.480. The molecule has 2 unspecified atom stereocenters. The standard InChI is InChI=1S/C9H17N3S/c1-7(10-3)6-8(2)13-9-11-4-5-12-9/h4-5,7-8,10H,6H2,1-3H3,(H,11,12). The minimum absolute atomic E-state index is 0.567. The number of aromatic amines is 1. The first kappa shape index (κ1) is 10.6. The van der Waals surface area contributed by atoms with E-state index in [1.54, 1.807) is 18.0 Å². The van der Waals surface area contributed by atoms with Crippen LogP contribution in [-0.2, 0) is 0 Å². The highest BCUT2D eigenvalue weighted by molar-refractivity contribution is 7.99. The molecule has 74 valence electrons. The van der Waals surface area contributed by atoms with Crippen LogP contribution < -0.4 is 5.32 Å². The lowest BCUT2D eigenvalue weighted by molar-refractivity contribution is 0.563. The minimum atomic E-state index is 0.567. The number of thioether (sulfide) groups is 1. The van der Waals surface area contributed by atoms with Crippen LogP contribution in [0.3, 0.4) is 0 Å². The summed E-state index contributed by atoms with van der Waals surface area (Å²) in [4.78, 5) is 7.27. The Balaban J connectivity index is 2.29. The number of H-pyrrole nitrogens is 1. The van der Waals surface area contributed by atoms with E-state index in [9.17, 15) is 0 Å². The average molecular weight is 199 g/mol. The van der Waals surface area contributed by atoms with Crippen LogP contribution in [0.5, 0.6) is 0 Å². The van der Waals surface area contributed by atoms with Crippen molar-refractivity contribution in [2.24, 2.45) is 0 Å². The molecule has 13 heavy (non-hydrogen) atoms. The van der Waals surface area contributed by atoms with Gasteiger partial charge in [0.05, 0.1) is 0 Å². The summed E-state index contributed by atoms with van der Waals surface area (Å²) in [6, 6.07) is 0.567. The van der Waals surface area contributed by atoms with Crippen molar-refractivity contribution in [1.82, 2.24) is 15.3 Å². The maximum Gasteiger partial charge on any atom is 0.165 e. The quantitative estimate of drug-likeness (QED) is 0.711. The van der Waals surface area contributed by atoms with Gasteiger partial charge in [0.15, 0.2) is 5.16 Å². The fourth-order valence-corrected chi connectivity index (χ4v) is 2.19. The van der Waals surface area contributed by atoms with E-state index in [1.807, 2.05) is 13.2 Å². The second-order valence-corrected chi connectivity index (χ2v) is 4.68. The van der Waals surface area contributed by atoms with Gasteiger partial charge in [-0.25, -0.2) is 4.98 Å². The van der Waals surface area contributed by atoms with E-state index in [2.05, 4.69) is 29.1 Å². The molecule has 0 aliphatic carbocycles. The molecule has 2 N–H and O–H groups in total. The van der Waals surface area contributed by atoms with Gasteiger partial charge in [-0.2, -0.15) is 0 Å². The molecular weight excluding hydrogens is 182 g/mol. The van der Waals surface area contributed by atoms with Crippen LogP contribution in [0.25, 0.3) is 0 Å². The molecule has 0 bridgehead atoms. The summed E-state index contributed by atoms with van der Waals surface area (Å²) >= 11 is 1.79. The fraction of sp³-hybridized carbons (Fsp3) is 0.667. The van der Waals surface area contributed by atoms with Crippen molar-refractivity contribution < 1.29 is 0 Å². The highest BCUT2D eigenvalue weighted by Crippen LogP contribution is 2.21. The van der Waals surface area contributed by atoms with Crippen LogP contribution in [0, 0.1) is 0 Å². The van der Waals surface area contributed by atoms with Gasteiger partial charge in [0, 0.05) is 23.7 Å². The third-order valence-corrected chi connectivity index (χ3v) is 3.01. The molecule has 1 rings (SSSR count). The van der Waals surface area contributed by atoms with Crippen LogP contribution in [0.2, 0.25) is 0 Å². The molecule has 0 aromatic carbocycles. The Morgan fingerprint density at radius 2 is 2.38 bits per heavy atom. The summed E-state index contributed by atoms with van der Waals surface area (Å²) in [5.41, 5.74) is 0. The third kappa shape index (κ3) is 3.83. The van der Waals surface area contributed by atoms with Gasteiger partial charge >= 0.3 is 0 Å². The maximum atomic E-state index is 4.18. The van der Waals surface area contributed by atoms with Crippen molar-refractivity contribution in [1.29, 1.82) is 0 Å². The van der Waals surface area contributed by atoms with Crippen molar-refractivity contribution in [2.75, 3.05) is 7.05 Å². The number of hydrogen-bond donors (Lipinski definition) is 2. The number of imidazole rings is 1. The van der Waals surface area contributed by atoms with E-state index in [0.717, 1.165) is 11.6 Å². The normalized spacial score (nSPS) is 15.6. The Kier molecular flexibility index (Phi) is 4.32. The van der Waals surface area contributed by atoms with Crippen LogP contribution in [-0.4, -0.2) is 28.3 Å². The minimum Gasteiger partial charge on any atom is -0.340 e. The van der Waals surface area contributed by atoms with Gasteiger partial charge in [-0.05, 0) is 20.4 Å². The lowest BCUT2D eigenvalue weighted by atomic mass is 10.2. The molecule has 0 saturated heterocycles. The molecule has 0 fully saturated rings. The highest BCUT2D eigenvalue weighted by atomic mass is 32.2. The molecule has 0 saturated carbocycles. The molecule has 2 atom stereocenters. The zero-order valence-corrected chi connectivity index (χ0v) is 9.19. The molecule has 1 aromatic heterocycles. The van der Waals surface area contributed by atoms with Crippen LogP contribution in [0.1, 0.15) is 20.3 Å². The van der Waals surface area contributed by atoms with Gasteiger partial charge < -0.3 is 10.3 Å². The molecule has 0 aliphatic rings. The van der Waals surface area contributed by atoms with Crippen molar-refractivity contribution in [3.05, 3.63) is 12.4 Å². The monoisotopic (exact) mass is 199 g/mol. The Morgan fingerprint density at radius 1 is 1.62 bits per heavy atom. The molecule has 0 radical (unpaired) electrons. The molecule has 3 nitrogen and oxygen atoms in total. The molecule has 4 heteroatoms. The van der Waals surface area contributed by atoms with Crippen molar-refractivity contribution in [3.8, 4) is 0 Å². The van der Waals surface area contributed by atoms with E-state index in [1.165, 1.54) is 0 Å². The van der Waals surface area contributed by atoms with Crippen molar-refractivity contribution >= 4 is 11.8 Å². The number of nitrogens with zero attached hydrogens (tertiary/aromatic N) is 1.